The van der Waals surface area contributed by atoms with Crippen LogP contribution in [0.5, 0.6) is 0 Å². The number of fused-ring (bicyclic) bond motifs is 2. The van der Waals surface area contributed by atoms with Gasteiger partial charge in [0.2, 0.25) is 0 Å². The van der Waals surface area contributed by atoms with Crippen LogP contribution in [0.3, 0.4) is 0 Å². The highest BCUT2D eigenvalue weighted by atomic mass is 19.1. The van der Waals surface area contributed by atoms with Crippen molar-refractivity contribution in [3.63, 3.8) is 0 Å². The van der Waals surface area contributed by atoms with Gasteiger partial charge in [0.15, 0.2) is 5.96 Å². The van der Waals surface area contributed by atoms with E-state index in [0.717, 1.165) is 72.8 Å². The monoisotopic (exact) mass is 392 g/mol. The highest BCUT2D eigenvalue weighted by Gasteiger charge is 2.30. The topological polar surface area (TPSA) is 69.8 Å². The minimum absolute atomic E-state index is 0.184. The predicted octanol–water partition coefficient (Wildman–Crippen LogP) is 2.29. The zero-order chi connectivity index (χ0) is 20.0. The van der Waals surface area contributed by atoms with Crippen LogP contribution in [0.25, 0.3) is 5.70 Å². The Morgan fingerprint density at radius 3 is 2.69 bits per heavy atom. The molecule has 2 aliphatic heterocycles. The Labute approximate surface area is 169 Å². The van der Waals surface area contributed by atoms with E-state index in [0.29, 0.717) is 5.96 Å². The van der Waals surface area contributed by atoms with E-state index in [9.17, 15) is 4.39 Å². The minimum atomic E-state index is -0.241. The average molecular weight is 392 g/mol. The lowest BCUT2D eigenvalue weighted by molar-refractivity contribution is 0.312. The van der Waals surface area contributed by atoms with Crippen LogP contribution in [0.2, 0.25) is 0 Å². The molecule has 3 heterocycles. The van der Waals surface area contributed by atoms with Crippen LogP contribution < -0.4 is 16.0 Å². The van der Waals surface area contributed by atoms with E-state index >= 15 is 0 Å². The summed E-state index contributed by atoms with van der Waals surface area (Å²) in [6.07, 6.45) is 3.64. The van der Waals surface area contributed by atoms with Crippen molar-refractivity contribution in [1.82, 2.24) is 15.2 Å². The summed E-state index contributed by atoms with van der Waals surface area (Å²) in [5.74, 6) is 1.11. The first-order valence-corrected chi connectivity index (χ1v) is 10.1. The van der Waals surface area contributed by atoms with Gasteiger partial charge in [0.1, 0.15) is 17.7 Å². The summed E-state index contributed by atoms with van der Waals surface area (Å²) < 4.78 is 13.9. The number of hydrogen-bond donors (Lipinski definition) is 2. The number of rotatable bonds is 2. The molecule has 6 nitrogen and oxygen atoms in total. The minimum Gasteiger partial charge on any atom is -0.370 e. The fourth-order valence-electron chi connectivity index (χ4n) is 4.42. The second kappa shape index (κ2) is 7.15. The number of halogens is 1. The standard InChI is InChI=1S/C22H25FN6/c1-28-8-10-29(11-9-28)19-7-4-15(13-25-19)20-17-6-3-14-2-5-16(23)12-18(14)21(17)27-22(24)26-20/h2,4-5,7,12-13,20H,3,6,8-11H2,1H3,(H3,24,26,27). The molecular weight excluding hydrogens is 367 g/mol. The maximum Gasteiger partial charge on any atom is 0.194 e. The highest BCUT2D eigenvalue weighted by Crippen LogP contribution is 2.40. The first kappa shape index (κ1) is 18.1. The molecule has 1 fully saturated rings. The van der Waals surface area contributed by atoms with Crippen molar-refractivity contribution in [3.8, 4) is 0 Å². The van der Waals surface area contributed by atoms with E-state index in [4.69, 9.17) is 10.7 Å². The number of piperazine rings is 1. The Balaban J connectivity index is 1.46. The van der Waals surface area contributed by atoms with E-state index in [-0.39, 0.29) is 11.9 Å². The molecule has 1 aromatic carbocycles. The van der Waals surface area contributed by atoms with Gasteiger partial charge in [-0.25, -0.2) is 14.4 Å². The average Bonchev–Trinajstić information content (AvgIpc) is 2.74. The Morgan fingerprint density at radius 1 is 1.10 bits per heavy atom. The molecule has 2 aromatic rings. The molecule has 0 radical (unpaired) electrons. The summed E-state index contributed by atoms with van der Waals surface area (Å²) in [5, 5.41) is 3.18. The Morgan fingerprint density at radius 2 is 1.93 bits per heavy atom. The lowest BCUT2D eigenvalue weighted by atomic mass is 9.83. The number of anilines is 1. The molecule has 0 saturated carbocycles. The lowest BCUT2D eigenvalue weighted by Gasteiger charge is -2.34. The van der Waals surface area contributed by atoms with Crippen LogP contribution in [0, 0.1) is 5.82 Å². The molecule has 7 heteroatoms. The van der Waals surface area contributed by atoms with E-state index < -0.39 is 0 Å². The van der Waals surface area contributed by atoms with Crippen molar-refractivity contribution >= 4 is 17.5 Å². The molecule has 0 amide bonds. The van der Waals surface area contributed by atoms with Gasteiger partial charge in [0, 0.05) is 37.9 Å². The number of nitrogens with one attached hydrogen (secondary N) is 1. The molecule has 3 N–H and O–H groups in total. The Hall–Kier alpha value is -2.93. The third-order valence-corrected chi connectivity index (χ3v) is 6.09. The largest absolute Gasteiger partial charge is 0.370 e. The molecule has 0 spiro atoms. The van der Waals surface area contributed by atoms with E-state index in [1.54, 1.807) is 6.07 Å². The summed E-state index contributed by atoms with van der Waals surface area (Å²) >= 11 is 0. The van der Waals surface area contributed by atoms with Gasteiger partial charge in [0.25, 0.3) is 0 Å². The van der Waals surface area contributed by atoms with E-state index in [1.807, 2.05) is 12.3 Å². The number of aromatic nitrogens is 1. The number of hydrogen-bond acceptors (Lipinski definition) is 6. The maximum atomic E-state index is 13.9. The van der Waals surface area contributed by atoms with Gasteiger partial charge < -0.3 is 20.9 Å². The summed E-state index contributed by atoms with van der Waals surface area (Å²) in [6, 6.07) is 8.95. The van der Waals surface area contributed by atoms with E-state index in [2.05, 4.69) is 39.3 Å². The van der Waals surface area contributed by atoms with Crippen LogP contribution in [0.1, 0.15) is 29.2 Å². The summed E-state index contributed by atoms with van der Waals surface area (Å²) in [5.41, 5.74) is 11.2. The van der Waals surface area contributed by atoms with Crippen LogP contribution in [0.4, 0.5) is 10.2 Å². The summed E-state index contributed by atoms with van der Waals surface area (Å²) in [7, 11) is 2.15. The summed E-state index contributed by atoms with van der Waals surface area (Å²) in [4.78, 5) is 14.0. The van der Waals surface area contributed by atoms with Crippen molar-refractivity contribution in [2.75, 3.05) is 38.1 Å². The Bertz CT molecular complexity index is 989. The van der Waals surface area contributed by atoms with Crippen molar-refractivity contribution in [2.45, 2.75) is 18.9 Å². The molecule has 1 atom stereocenters. The molecule has 150 valence electrons. The van der Waals surface area contributed by atoms with Crippen LogP contribution in [-0.2, 0) is 6.42 Å². The van der Waals surface area contributed by atoms with Gasteiger partial charge in [-0.1, -0.05) is 12.1 Å². The van der Waals surface area contributed by atoms with Crippen LogP contribution in [0.15, 0.2) is 47.1 Å². The molecule has 29 heavy (non-hydrogen) atoms. The molecule has 1 unspecified atom stereocenters. The fourth-order valence-corrected chi connectivity index (χ4v) is 4.42. The first-order chi connectivity index (χ1) is 14.1. The first-order valence-electron chi connectivity index (χ1n) is 10.1. The smallest absolute Gasteiger partial charge is 0.194 e. The predicted molar refractivity (Wildman–Crippen MR) is 113 cm³/mol. The number of aryl methyl sites for hydroxylation is 1. The second-order valence-corrected chi connectivity index (χ2v) is 7.98. The van der Waals surface area contributed by atoms with Crippen molar-refractivity contribution < 1.29 is 4.39 Å². The quantitative estimate of drug-likeness (QED) is 0.821. The molecule has 0 bridgehead atoms. The van der Waals surface area contributed by atoms with Crippen molar-refractivity contribution in [3.05, 3.63) is 64.6 Å². The molecule has 1 aliphatic carbocycles. The zero-order valence-corrected chi connectivity index (χ0v) is 16.5. The number of nitrogens with zero attached hydrogens (tertiary/aromatic N) is 4. The van der Waals surface area contributed by atoms with Gasteiger partial charge >= 0.3 is 0 Å². The second-order valence-electron chi connectivity index (χ2n) is 7.98. The molecular formula is C22H25FN6. The highest BCUT2D eigenvalue weighted by molar-refractivity contribution is 5.92. The van der Waals surface area contributed by atoms with Gasteiger partial charge in [-0.15, -0.1) is 0 Å². The molecule has 1 saturated heterocycles. The molecule has 3 aliphatic rings. The number of pyridine rings is 1. The number of benzene rings is 1. The van der Waals surface area contributed by atoms with Crippen LogP contribution in [-0.4, -0.2) is 49.1 Å². The Kier molecular flexibility index (Phi) is 4.47. The SMILES string of the molecule is CN1CCN(c2ccc(C3N=C(N)NC4=C3CCc3ccc(F)cc34)cn2)CC1. The van der Waals surface area contributed by atoms with Gasteiger partial charge in [-0.3, -0.25) is 0 Å². The van der Waals surface area contributed by atoms with Crippen molar-refractivity contribution in [1.29, 1.82) is 0 Å². The van der Waals surface area contributed by atoms with Gasteiger partial charge in [0.05, 0.1) is 5.70 Å². The molecule has 5 rings (SSSR count). The third kappa shape index (κ3) is 3.35. The number of nitrogens with two attached hydrogens (primary N) is 1. The normalized spacial score (nSPS) is 21.9. The van der Waals surface area contributed by atoms with Crippen molar-refractivity contribution in [2.24, 2.45) is 10.7 Å². The number of aliphatic imine (C=N–C) groups is 1. The van der Waals surface area contributed by atoms with Gasteiger partial charge in [-0.2, -0.15) is 0 Å². The van der Waals surface area contributed by atoms with Crippen LogP contribution >= 0.6 is 0 Å². The number of likely N-dealkylation sites (N-methyl/N-ethyl adjacent to an activating group) is 1. The zero-order valence-electron chi connectivity index (χ0n) is 16.5. The lowest BCUT2D eigenvalue weighted by Crippen LogP contribution is -2.44. The third-order valence-electron chi connectivity index (χ3n) is 6.09. The molecule has 1 aromatic heterocycles. The summed E-state index contributed by atoms with van der Waals surface area (Å²) in [6.45, 7) is 4.06. The fraction of sp³-hybridized carbons (Fsp3) is 0.364. The van der Waals surface area contributed by atoms with Gasteiger partial charge in [-0.05, 0) is 54.8 Å². The van der Waals surface area contributed by atoms with E-state index in [1.165, 1.54) is 6.07 Å². The maximum absolute atomic E-state index is 13.9. The number of guanidine groups is 1.